The molecule has 134 valence electrons. The fraction of sp³-hybridized carbons (Fsp3) is 0.100. The first kappa shape index (κ1) is 16.7. The highest BCUT2D eigenvalue weighted by Gasteiger charge is 2.22. The number of hydrogen-bond donors (Lipinski definition) is 0. The zero-order chi connectivity index (χ0) is 18.8. The van der Waals surface area contributed by atoms with E-state index in [2.05, 4.69) is 15.1 Å². The van der Waals surface area contributed by atoms with Gasteiger partial charge in [0.2, 0.25) is 5.82 Å². The second-order valence-electron chi connectivity index (χ2n) is 5.98. The molecule has 0 aliphatic carbocycles. The number of fused-ring (bicyclic) bond motifs is 1. The normalized spacial score (nSPS) is 10.7. The van der Waals surface area contributed by atoms with Crippen molar-refractivity contribution in [3.63, 3.8) is 0 Å². The minimum atomic E-state index is -0.344. The van der Waals surface area contributed by atoms with Crippen LogP contribution in [-0.4, -0.2) is 32.5 Å². The molecule has 7 heteroatoms. The van der Waals surface area contributed by atoms with E-state index in [-0.39, 0.29) is 11.7 Å². The number of carbonyl (C=O) groups is 1. The van der Waals surface area contributed by atoms with Crippen LogP contribution in [0.2, 0.25) is 0 Å². The molecule has 7 nitrogen and oxygen atoms in total. The third kappa shape index (κ3) is 3.22. The van der Waals surface area contributed by atoms with E-state index in [1.54, 1.807) is 17.8 Å². The van der Waals surface area contributed by atoms with Crippen molar-refractivity contribution in [2.24, 2.45) is 0 Å². The molecule has 0 radical (unpaired) electrons. The van der Waals surface area contributed by atoms with Gasteiger partial charge in [-0.1, -0.05) is 30.3 Å². The van der Waals surface area contributed by atoms with Crippen molar-refractivity contribution in [2.75, 3.05) is 11.9 Å². The Hall–Kier alpha value is -3.74. The van der Waals surface area contributed by atoms with Crippen LogP contribution in [0.4, 0.5) is 5.69 Å². The molecule has 0 aliphatic rings. The molecule has 1 amide bonds. The number of benzene rings is 2. The molecule has 0 unspecified atom stereocenters. The molecule has 0 spiro atoms. The summed E-state index contributed by atoms with van der Waals surface area (Å²) in [7, 11) is 1.67. The van der Waals surface area contributed by atoms with Gasteiger partial charge in [-0.15, -0.1) is 5.10 Å². The molecule has 0 bridgehead atoms. The van der Waals surface area contributed by atoms with Crippen LogP contribution in [0.3, 0.4) is 0 Å². The molecule has 2 heterocycles. The second-order valence-corrected chi connectivity index (χ2v) is 5.98. The van der Waals surface area contributed by atoms with E-state index in [1.807, 2.05) is 67.6 Å². The number of aromatic nitrogens is 4. The summed E-state index contributed by atoms with van der Waals surface area (Å²) in [5, 5.41) is 4.28. The second kappa shape index (κ2) is 6.87. The topological polar surface area (TPSA) is 72.6 Å². The molecule has 0 aliphatic heterocycles. The van der Waals surface area contributed by atoms with E-state index in [4.69, 9.17) is 4.74 Å². The van der Waals surface area contributed by atoms with E-state index >= 15 is 0 Å². The van der Waals surface area contributed by atoms with E-state index < -0.39 is 0 Å². The van der Waals surface area contributed by atoms with Crippen LogP contribution >= 0.6 is 0 Å². The fourth-order valence-corrected chi connectivity index (χ4v) is 2.69. The van der Waals surface area contributed by atoms with Crippen LogP contribution in [0.5, 0.6) is 11.5 Å². The molecule has 4 aromatic rings. The summed E-state index contributed by atoms with van der Waals surface area (Å²) >= 11 is 0. The number of amides is 1. The summed E-state index contributed by atoms with van der Waals surface area (Å²) in [5.74, 6) is 1.38. The van der Waals surface area contributed by atoms with Crippen molar-refractivity contribution >= 4 is 17.4 Å². The van der Waals surface area contributed by atoms with Gasteiger partial charge in [-0.25, -0.2) is 9.50 Å². The molecular weight excluding hydrogens is 342 g/mol. The smallest absolute Gasteiger partial charge is 0.297 e. The van der Waals surface area contributed by atoms with Crippen LogP contribution in [-0.2, 0) is 0 Å². The van der Waals surface area contributed by atoms with Crippen LogP contribution in [0.15, 0.2) is 66.9 Å². The number of hydrogen-bond acceptors (Lipinski definition) is 5. The average molecular weight is 359 g/mol. The fourth-order valence-electron chi connectivity index (χ4n) is 2.69. The molecule has 27 heavy (non-hydrogen) atoms. The molecule has 0 N–H and O–H groups in total. The molecule has 2 aromatic heterocycles. The van der Waals surface area contributed by atoms with Crippen LogP contribution < -0.4 is 9.64 Å². The number of anilines is 1. The van der Waals surface area contributed by atoms with Crippen LogP contribution in [0.1, 0.15) is 16.3 Å². The lowest BCUT2D eigenvalue weighted by atomic mass is 10.2. The predicted molar refractivity (Wildman–Crippen MR) is 101 cm³/mol. The van der Waals surface area contributed by atoms with Gasteiger partial charge in [-0.2, -0.15) is 4.98 Å². The Morgan fingerprint density at radius 1 is 1.04 bits per heavy atom. The van der Waals surface area contributed by atoms with Gasteiger partial charge in [-0.05, 0) is 37.3 Å². The number of carbonyl (C=O) groups excluding carboxylic acids is 1. The average Bonchev–Trinajstić information content (AvgIpc) is 3.14. The van der Waals surface area contributed by atoms with Gasteiger partial charge in [-0.3, -0.25) is 4.79 Å². The maximum atomic E-state index is 12.9. The summed E-state index contributed by atoms with van der Waals surface area (Å²) < 4.78 is 7.49. The summed E-state index contributed by atoms with van der Waals surface area (Å²) in [6.45, 7) is 1.88. The maximum absolute atomic E-state index is 12.9. The van der Waals surface area contributed by atoms with E-state index in [0.29, 0.717) is 23.0 Å². The highest BCUT2D eigenvalue weighted by atomic mass is 16.5. The highest BCUT2D eigenvalue weighted by molar-refractivity contribution is 6.04. The number of aryl methyl sites for hydroxylation is 1. The molecular formula is C20H17N5O2. The van der Waals surface area contributed by atoms with Gasteiger partial charge < -0.3 is 9.64 Å². The van der Waals surface area contributed by atoms with Gasteiger partial charge in [0.1, 0.15) is 5.75 Å². The number of nitrogens with zero attached hydrogens (tertiary/aromatic N) is 5. The lowest BCUT2D eigenvalue weighted by Crippen LogP contribution is -2.27. The summed E-state index contributed by atoms with van der Waals surface area (Å²) in [4.78, 5) is 22.8. The van der Waals surface area contributed by atoms with Crippen molar-refractivity contribution in [3.8, 4) is 11.5 Å². The minimum Gasteiger partial charge on any atom is -0.455 e. The Bertz CT molecular complexity index is 1110. The molecule has 0 atom stereocenters. The van der Waals surface area contributed by atoms with Gasteiger partial charge in [0.05, 0.1) is 5.69 Å². The summed E-state index contributed by atoms with van der Waals surface area (Å²) in [5.41, 5.74) is 1.47. The van der Waals surface area contributed by atoms with Crippen LogP contribution in [0.25, 0.3) is 5.78 Å². The third-order valence-electron chi connectivity index (χ3n) is 4.12. The zero-order valence-corrected chi connectivity index (χ0v) is 14.9. The first-order valence-corrected chi connectivity index (χ1v) is 8.42. The number of para-hydroxylation sites is 3. The zero-order valence-electron chi connectivity index (χ0n) is 14.9. The molecule has 4 rings (SSSR count). The Morgan fingerprint density at radius 3 is 2.56 bits per heavy atom. The van der Waals surface area contributed by atoms with Gasteiger partial charge in [0, 0.05) is 18.9 Å². The van der Waals surface area contributed by atoms with Crippen molar-refractivity contribution in [2.45, 2.75) is 6.92 Å². The first-order chi connectivity index (χ1) is 13.1. The maximum Gasteiger partial charge on any atom is 0.297 e. The van der Waals surface area contributed by atoms with Crippen molar-refractivity contribution < 1.29 is 9.53 Å². The lowest BCUT2D eigenvalue weighted by Gasteiger charge is -2.19. The summed E-state index contributed by atoms with van der Waals surface area (Å²) in [6, 6.07) is 18.6. The van der Waals surface area contributed by atoms with Gasteiger partial charge in [0.15, 0.2) is 5.75 Å². The number of rotatable bonds is 4. The van der Waals surface area contributed by atoms with Gasteiger partial charge in [0.25, 0.3) is 11.7 Å². The Kier molecular flexibility index (Phi) is 4.25. The molecule has 2 aromatic carbocycles. The Balaban J connectivity index is 1.66. The third-order valence-corrected chi connectivity index (χ3v) is 4.12. The van der Waals surface area contributed by atoms with Crippen molar-refractivity contribution in [1.82, 2.24) is 19.6 Å². The number of ether oxygens (including phenoxy) is 1. The SMILES string of the molecule is Cc1ccnc2nc(C(=O)N(C)c3ccccc3Oc3ccccc3)nn12. The monoisotopic (exact) mass is 359 g/mol. The Labute approximate surface area is 155 Å². The van der Waals surface area contributed by atoms with E-state index in [9.17, 15) is 4.79 Å². The van der Waals surface area contributed by atoms with Gasteiger partial charge >= 0.3 is 0 Å². The lowest BCUT2D eigenvalue weighted by molar-refractivity contribution is 0.0983. The largest absolute Gasteiger partial charge is 0.455 e. The first-order valence-electron chi connectivity index (χ1n) is 8.42. The highest BCUT2D eigenvalue weighted by Crippen LogP contribution is 2.32. The van der Waals surface area contributed by atoms with E-state index in [1.165, 1.54) is 4.90 Å². The van der Waals surface area contributed by atoms with E-state index in [0.717, 1.165) is 5.69 Å². The minimum absolute atomic E-state index is 0.0776. The standard InChI is InChI=1S/C20H17N5O2/c1-14-12-13-21-20-22-18(23-25(14)20)19(26)24(2)16-10-6-7-11-17(16)27-15-8-4-3-5-9-15/h3-13H,1-2H3. The quantitative estimate of drug-likeness (QED) is 0.558. The Morgan fingerprint density at radius 2 is 1.78 bits per heavy atom. The summed E-state index contributed by atoms with van der Waals surface area (Å²) in [6.07, 6.45) is 1.64. The van der Waals surface area contributed by atoms with Crippen molar-refractivity contribution in [3.05, 3.63) is 78.4 Å². The van der Waals surface area contributed by atoms with Crippen LogP contribution in [0, 0.1) is 6.92 Å². The van der Waals surface area contributed by atoms with Crippen molar-refractivity contribution in [1.29, 1.82) is 0 Å². The molecule has 0 saturated heterocycles. The predicted octanol–water partition coefficient (Wildman–Crippen LogP) is 3.50. The molecule has 0 saturated carbocycles. The molecule has 0 fully saturated rings.